The number of carbonyl (C=O) groups is 1. The van der Waals surface area contributed by atoms with Crippen molar-refractivity contribution >= 4 is 11.7 Å². The lowest BCUT2D eigenvalue weighted by Gasteiger charge is -2.10. The molecule has 1 aromatic carbocycles. The lowest BCUT2D eigenvalue weighted by molar-refractivity contribution is -0.120. The van der Waals surface area contributed by atoms with Crippen LogP contribution in [0.4, 0.5) is 0 Å². The topological polar surface area (TPSA) is 84.0 Å². The van der Waals surface area contributed by atoms with Crippen LogP contribution in [0.2, 0.25) is 0 Å². The minimum absolute atomic E-state index is 0.0127. The average Bonchev–Trinajstić information content (AvgIpc) is 3.06. The van der Waals surface area contributed by atoms with Gasteiger partial charge in [0.2, 0.25) is 5.91 Å². The Bertz CT molecular complexity index is 790. The number of hydrogen-bond acceptors (Lipinski definition) is 4. The van der Waals surface area contributed by atoms with Gasteiger partial charge in [0.1, 0.15) is 0 Å². The van der Waals surface area contributed by atoms with E-state index in [0.29, 0.717) is 25.3 Å². The Morgan fingerprint density at radius 1 is 1.28 bits per heavy atom. The first-order valence-corrected chi connectivity index (χ1v) is 8.16. The Hall–Kier alpha value is -3.09. The van der Waals surface area contributed by atoms with Gasteiger partial charge < -0.3 is 5.32 Å². The molecular weight excluding hydrogens is 316 g/mol. The van der Waals surface area contributed by atoms with E-state index in [4.69, 9.17) is 0 Å². The Kier molecular flexibility index (Phi) is 5.46. The van der Waals surface area contributed by atoms with Crippen molar-refractivity contribution in [3.05, 3.63) is 66.0 Å². The van der Waals surface area contributed by atoms with Crippen LogP contribution in [0.1, 0.15) is 17.4 Å². The summed E-state index contributed by atoms with van der Waals surface area (Å²) in [7, 11) is 0. The molecule has 0 spiro atoms. The largest absolute Gasteiger partial charge is 0.354 e. The Morgan fingerprint density at radius 2 is 2.12 bits per heavy atom. The molecule has 1 unspecified atom stereocenters. The molecule has 1 aliphatic heterocycles. The summed E-state index contributed by atoms with van der Waals surface area (Å²) in [5.74, 6) is 0.541. The number of amidine groups is 1. The van der Waals surface area contributed by atoms with E-state index >= 15 is 0 Å². The van der Waals surface area contributed by atoms with Gasteiger partial charge in [0.15, 0.2) is 12.0 Å². The molecule has 7 nitrogen and oxygen atoms in total. The highest BCUT2D eigenvalue weighted by Gasteiger charge is 2.10. The third-order valence-corrected chi connectivity index (χ3v) is 3.62. The van der Waals surface area contributed by atoms with Crippen LogP contribution in [-0.2, 0) is 11.2 Å². The molecule has 128 valence electrons. The van der Waals surface area contributed by atoms with E-state index in [-0.39, 0.29) is 12.1 Å². The molecule has 1 atom stereocenters. The summed E-state index contributed by atoms with van der Waals surface area (Å²) in [5.41, 5.74) is 1.93. The molecule has 1 aromatic heterocycles. The fraction of sp³-hybridized carbons (Fsp3) is 0.278. The van der Waals surface area contributed by atoms with Crippen molar-refractivity contribution in [1.29, 1.82) is 0 Å². The molecular formula is C18H20N6O. The summed E-state index contributed by atoms with van der Waals surface area (Å²) >= 11 is 0. The highest BCUT2D eigenvalue weighted by molar-refractivity contribution is 5.93. The first-order valence-electron chi connectivity index (χ1n) is 8.16. The summed E-state index contributed by atoms with van der Waals surface area (Å²) in [5, 5.41) is 15.4. The van der Waals surface area contributed by atoms with Crippen molar-refractivity contribution < 1.29 is 4.79 Å². The average molecular weight is 336 g/mol. The molecule has 0 radical (unpaired) electrons. The van der Waals surface area contributed by atoms with Crippen LogP contribution < -0.4 is 5.32 Å². The summed E-state index contributed by atoms with van der Waals surface area (Å²) in [6.07, 6.45) is 5.74. The Morgan fingerprint density at radius 3 is 2.80 bits per heavy atom. The number of hydrogen-bond donors (Lipinski definition) is 1. The molecule has 0 fully saturated rings. The number of benzene rings is 1. The number of nitrogens with one attached hydrogen (secondary N) is 1. The smallest absolute Gasteiger partial charge is 0.224 e. The number of aliphatic imine (C=N–C) groups is 1. The van der Waals surface area contributed by atoms with Crippen LogP contribution in [0.15, 0.2) is 70.0 Å². The number of aromatic nitrogens is 2. The summed E-state index contributed by atoms with van der Waals surface area (Å²) in [6, 6.07) is 11.6. The molecule has 1 aliphatic rings. The van der Waals surface area contributed by atoms with Crippen molar-refractivity contribution in [1.82, 2.24) is 15.1 Å². The maximum atomic E-state index is 11.8. The Balaban J connectivity index is 1.41. The van der Waals surface area contributed by atoms with Gasteiger partial charge in [-0.1, -0.05) is 30.3 Å². The van der Waals surface area contributed by atoms with Gasteiger partial charge in [-0.3, -0.25) is 9.79 Å². The van der Waals surface area contributed by atoms with Gasteiger partial charge in [0, 0.05) is 12.7 Å². The second-order valence-corrected chi connectivity index (χ2v) is 5.68. The van der Waals surface area contributed by atoms with Gasteiger partial charge in [-0.25, -0.2) is 4.68 Å². The summed E-state index contributed by atoms with van der Waals surface area (Å²) < 4.78 is 1.75. The monoisotopic (exact) mass is 336 g/mol. The zero-order chi connectivity index (χ0) is 17.5. The fourth-order valence-electron chi connectivity index (χ4n) is 2.38. The van der Waals surface area contributed by atoms with E-state index in [2.05, 4.69) is 25.6 Å². The zero-order valence-electron chi connectivity index (χ0n) is 14.0. The highest BCUT2D eigenvalue weighted by atomic mass is 16.1. The molecule has 1 N–H and O–H groups in total. The molecule has 0 saturated heterocycles. The standard InChI is InChI=1S/C18H20N6O/c1-14-9-12-24(23-14)17-8-7-16(21-22-17)19-10-11-20-18(25)13-15-5-3-2-4-6-15/h2-9,12,17H,10-11,13H2,1H3,(H,20,25). The maximum Gasteiger partial charge on any atom is 0.224 e. The number of aryl methyl sites for hydroxylation is 1. The van der Waals surface area contributed by atoms with Crippen molar-refractivity contribution in [2.24, 2.45) is 15.2 Å². The van der Waals surface area contributed by atoms with Crippen LogP contribution in [0, 0.1) is 6.92 Å². The van der Waals surface area contributed by atoms with Gasteiger partial charge in [-0.15, -0.1) is 5.11 Å². The van der Waals surface area contributed by atoms with Crippen LogP contribution in [0.5, 0.6) is 0 Å². The van der Waals surface area contributed by atoms with Gasteiger partial charge in [-0.05, 0) is 30.7 Å². The third kappa shape index (κ3) is 4.94. The summed E-state index contributed by atoms with van der Waals surface area (Å²) in [6.45, 7) is 2.87. The second-order valence-electron chi connectivity index (χ2n) is 5.68. The van der Waals surface area contributed by atoms with Crippen LogP contribution >= 0.6 is 0 Å². The minimum atomic E-state index is -0.224. The van der Waals surface area contributed by atoms with E-state index in [0.717, 1.165) is 11.3 Å². The second kappa shape index (κ2) is 8.14. The molecule has 25 heavy (non-hydrogen) atoms. The third-order valence-electron chi connectivity index (χ3n) is 3.62. The Labute approximate surface area is 146 Å². The van der Waals surface area contributed by atoms with Crippen molar-refractivity contribution in [2.45, 2.75) is 19.5 Å². The van der Waals surface area contributed by atoms with Gasteiger partial charge in [0.05, 0.1) is 18.7 Å². The lowest BCUT2D eigenvalue weighted by Crippen LogP contribution is -2.27. The van der Waals surface area contributed by atoms with Crippen LogP contribution in [0.3, 0.4) is 0 Å². The van der Waals surface area contributed by atoms with Crippen molar-refractivity contribution in [3.63, 3.8) is 0 Å². The molecule has 2 heterocycles. The minimum Gasteiger partial charge on any atom is -0.354 e. The molecule has 3 rings (SSSR count). The van der Waals surface area contributed by atoms with Crippen molar-refractivity contribution in [3.8, 4) is 0 Å². The molecule has 2 aromatic rings. The number of amides is 1. The summed E-state index contributed by atoms with van der Waals surface area (Å²) in [4.78, 5) is 16.2. The number of rotatable bonds is 6. The normalized spacial score (nSPS) is 17.8. The fourth-order valence-corrected chi connectivity index (χ4v) is 2.38. The van der Waals surface area contributed by atoms with E-state index < -0.39 is 0 Å². The number of nitrogens with zero attached hydrogens (tertiary/aromatic N) is 5. The van der Waals surface area contributed by atoms with Crippen molar-refractivity contribution in [2.75, 3.05) is 13.1 Å². The first kappa shape index (κ1) is 16.8. The first-order chi connectivity index (χ1) is 12.2. The van der Waals surface area contributed by atoms with Gasteiger partial charge in [-0.2, -0.15) is 10.2 Å². The van der Waals surface area contributed by atoms with E-state index in [1.807, 2.05) is 61.7 Å². The molecule has 7 heteroatoms. The molecule has 1 amide bonds. The molecule has 0 saturated carbocycles. The van der Waals surface area contributed by atoms with E-state index in [9.17, 15) is 4.79 Å². The highest BCUT2D eigenvalue weighted by Crippen LogP contribution is 2.14. The van der Waals surface area contributed by atoms with E-state index in [1.165, 1.54) is 0 Å². The SMILES string of the molecule is Cc1ccn(C2C=CC(=NCCNC(=O)Cc3ccccc3)N=N2)n1. The predicted octanol–water partition coefficient (Wildman–Crippen LogP) is 2.47. The quantitative estimate of drug-likeness (QED) is 0.822. The molecule has 0 bridgehead atoms. The molecule has 0 aliphatic carbocycles. The number of carbonyl (C=O) groups excluding carboxylic acids is 1. The maximum absolute atomic E-state index is 11.8. The van der Waals surface area contributed by atoms with Crippen LogP contribution in [0.25, 0.3) is 0 Å². The number of azo groups is 1. The lowest BCUT2D eigenvalue weighted by atomic mass is 10.1. The van der Waals surface area contributed by atoms with Gasteiger partial charge in [0.25, 0.3) is 0 Å². The predicted molar refractivity (Wildman–Crippen MR) is 95.5 cm³/mol. The zero-order valence-corrected chi connectivity index (χ0v) is 14.0. The van der Waals surface area contributed by atoms with Gasteiger partial charge >= 0.3 is 0 Å². The van der Waals surface area contributed by atoms with Crippen LogP contribution in [-0.4, -0.2) is 34.6 Å². The van der Waals surface area contributed by atoms with E-state index in [1.54, 1.807) is 4.68 Å².